The third kappa shape index (κ3) is 3.23. The summed E-state index contributed by atoms with van der Waals surface area (Å²) in [5, 5.41) is 4.62. The maximum absolute atomic E-state index is 12.3. The molecule has 0 N–H and O–H groups in total. The lowest BCUT2D eigenvalue weighted by molar-refractivity contribution is 0.0221. The van der Waals surface area contributed by atoms with E-state index in [0.717, 1.165) is 23.4 Å². The van der Waals surface area contributed by atoms with Crippen LogP contribution in [0.2, 0.25) is 0 Å². The molecule has 1 aliphatic rings. The number of carbonyl (C=O) groups excluding carboxylic acids is 1. The number of hydrogen-bond donors (Lipinski definition) is 0. The van der Waals surface area contributed by atoms with E-state index in [1.165, 1.54) is 5.56 Å². The summed E-state index contributed by atoms with van der Waals surface area (Å²) in [6, 6.07) is 10.3. The number of aryl methyl sites for hydroxylation is 1. The van der Waals surface area contributed by atoms with E-state index < -0.39 is 5.60 Å². The van der Waals surface area contributed by atoms with Crippen LogP contribution < -0.4 is 0 Å². The molecule has 1 aromatic carbocycles. The Kier molecular flexibility index (Phi) is 3.88. The topological polar surface area (TPSA) is 47.4 Å². The predicted molar refractivity (Wildman–Crippen MR) is 89.0 cm³/mol. The number of hydrogen-bond acceptors (Lipinski definition) is 3. The average Bonchev–Trinajstić information content (AvgIpc) is 2.81. The van der Waals surface area contributed by atoms with Crippen molar-refractivity contribution < 1.29 is 9.53 Å². The summed E-state index contributed by atoms with van der Waals surface area (Å²) in [5.41, 5.74) is 4.03. The van der Waals surface area contributed by atoms with Crippen molar-refractivity contribution in [1.82, 2.24) is 14.7 Å². The van der Waals surface area contributed by atoms with E-state index in [-0.39, 0.29) is 6.09 Å². The van der Waals surface area contributed by atoms with Crippen LogP contribution in [0.5, 0.6) is 0 Å². The molecule has 0 spiro atoms. The molecule has 1 aliphatic heterocycles. The zero-order valence-corrected chi connectivity index (χ0v) is 14.2. The van der Waals surface area contributed by atoms with Crippen molar-refractivity contribution in [1.29, 1.82) is 0 Å². The van der Waals surface area contributed by atoms with E-state index >= 15 is 0 Å². The molecule has 0 fully saturated rings. The Hall–Kier alpha value is -2.30. The summed E-state index contributed by atoms with van der Waals surface area (Å²) in [6.07, 6.45) is 0.530. The molecule has 0 radical (unpaired) electrons. The van der Waals surface area contributed by atoms with Gasteiger partial charge in [-0.2, -0.15) is 5.10 Å². The van der Waals surface area contributed by atoms with Gasteiger partial charge in [0.1, 0.15) is 5.60 Å². The summed E-state index contributed by atoms with van der Waals surface area (Å²) >= 11 is 0. The van der Waals surface area contributed by atoms with Gasteiger partial charge in [-0.05, 0) is 27.2 Å². The molecule has 2 heterocycles. The number of benzene rings is 1. The molecule has 0 saturated carbocycles. The Morgan fingerprint density at radius 3 is 2.57 bits per heavy atom. The van der Waals surface area contributed by atoms with E-state index in [1.54, 1.807) is 4.90 Å². The third-order valence-corrected chi connectivity index (χ3v) is 3.90. The second-order valence-corrected chi connectivity index (χ2v) is 6.92. The maximum atomic E-state index is 12.3. The highest BCUT2D eigenvalue weighted by Crippen LogP contribution is 2.30. The van der Waals surface area contributed by atoms with Crippen LogP contribution in [0.4, 0.5) is 4.79 Å². The smallest absolute Gasteiger partial charge is 0.410 e. The molecule has 23 heavy (non-hydrogen) atoms. The Balaban J connectivity index is 1.85. The van der Waals surface area contributed by atoms with E-state index in [2.05, 4.69) is 17.2 Å². The van der Waals surface area contributed by atoms with Crippen molar-refractivity contribution in [3.63, 3.8) is 0 Å². The highest BCUT2D eigenvalue weighted by atomic mass is 16.6. The van der Waals surface area contributed by atoms with E-state index in [4.69, 9.17) is 4.74 Å². The third-order valence-electron chi connectivity index (χ3n) is 3.90. The van der Waals surface area contributed by atoms with Crippen LogP contribution in [0.3, 0.4) is 0 Å². The van der Waals surface area contributed by atoms with Gasteiger partial charge in [-0.25, -0.2) is 4.79 Å². The van der Waals surface area contributed by atoms with Gasteiger partial charge in [-0.1, -0.05) is 30.3 Å². The Bertz CT molecular complexity index is 714. The van der Waals surface area contributed by atoms with Gasteiger partial charge in [0.15, 0.2) is 0 Å². The Labute approximate surface area is 136 Å². The normalized spacial score (nSPS) is 14.5. The Morgan fingerprint density at radius 1 is 1.22 bits per heavy atom. The molecule has 1 aromatic heterocycles. The number of aromatic nitrogens is 2. The van der Waals surface area contributed by atoms with Crippen LogP contribution in [-0.2, 0) is 24.8 Å². The summed E-state index contributed by atoms with van der Waals surface area (Å²) in [5.74, 6) is 0. The zero-order chi connectivity index (χ0) is 16.6. The van der Waals surface area contributed by atoms with Gasteiger partial charge >= 0.3 is 6.09 Å². The quantitative estimate of drug-likeness (QED) is 0.811. The first-order valence-electron chi connectivity index (χ1n) is 7.93. The number of fused-ring (bicyclic) bond motifs is 1. The van der Waals surface area contributed by atoms with Crippen LogP contribution >= 0.6 is 0 Å². The van der Waals surface area contributed by atoms with Crippen molar-refractivity contribution in [3.05, 3.63) is 41.6 Å². The minimum Gasteiger partial charge on any atom is -0.444 e. The molecule has 2 aromatic rings. The molecule has 5 nitrogen and oxygen atoms in total. The molecule has 0 saturated heterocycles. The second-order valence-electron chi connectivity index (χ2n) is 6.92. The van der Waals surface area contributed by atoms with Crippen LogP contribution in [0.15, 0.2) is 30.3 Å². The van der Waals surface area contributed by atoms with Gasteiger partial charge in [0, 0.05) is 24.7 Å². The lowest BCUT2D eigenvalue weighted by Gasteiger charge is -2.29. The molecule has 122 valence electrons. The predicted octanol–water partition coefficient (Wildman–Crippen LogP) is 3.38. The molecular formula is C18H23N3O2. The van der Waals surface area contributed by atoms with Crippen molar-refractivity contribution in [2.75, 3.05) is 6.54 Å². The summed E-state index contributed by atoms with van der Waals surface area (Å²) in [4.78, 5) is 14.0. The van der Waals surface area contributed by atoms with E-state index in [9.17, 15) is 4.79 Å². The van der Waals surface area contributed by atoms with Crippen molar-refractivity contribution in [3.8, 4) is 11.3 Å². The first kappa shape index (κ1) is 15.6. The largest absolute Gasteiger partial charge is 0.444 e. The number of ether oxygens (including phenoxy) is 1. The summed E-state index contributed by atoms with van der Waals surface area (Å²) < 4.78 is 7.38. The van der Waals surface area contributed by atoms with Gasteiger partial charge in [0.05, 0.1) is 17.9 Å². The SMILES string of the molecule is Cn1nc2c(c1-c1ccccc1)CCN(C(=O)OC(C)(C)C)C2. The van der Waals surface area contributed by atoms with Crippen molar-refractivity contribution in [2.24, 2.45) is 7.05 Å². The van der Waals surface area contributed by atoms with E-state index in [1.807, 2.05) is 50.7 Å². The molecule has 1 amide bonds. The highest BCUT2D eigenvalue weighted by Gasteiger charge is 2.29. The minimum absolute atomic E-state index is 0.268. The fourth-order valence-electron chi connectivity index (χ4n) is 2.96. The Morgan fingerprint density at radius 2 is 1.91 bits per heavy atom. The van der Waals surface area contributed by atoms with Gasteiger partial charge in [-0.3, -0.25) is 4.68 Å². The maximum Gasteiger partial charge on any atom is 0.410 e. The lowest BCUT2D eigenvalue weighted by Crippen LogP contribution is -2.39. The molecule has 0 bridgehead atoms. The standard InChI is InChI=1S/C18H23N3O2/c1-18(2,3)23-17(22)21-11-10-14-15(12-21)19-20(4)16(14)13-8-6-5-7-9-13/h5-9H,10-12H2,1-4H3. The van der Waals surface area contributed by atoms with Gasteiger partial charge in [0.25, 0.3) is 0 Å². The van der Waals surface area contributed by atoms with Crippen molar-refractivity contribution in [2.45, 2.75) is 39.3 Å². The van der Waals surface area contributed by atoms with Gasteiger partial charge < -0.3 is 9.64 Å². The molecular weight excluding hydrogens is 290 g/mol. The monoisotopic (exact) mass is 313 g/mol. The van der Waals surface area contributed by atoms with E-state index in [0.29, 0.717) is 13.1 Å². The summed E-state index contributed by atoms with van der Waals surface area (Å²) in [7, 11) is 1.96. The minimum atomic E-state index is -0.476. The lowest BCUT2D eigenvalue weighted by atomic mass is 10.00. The average molecular weight is 313 g/mol. The van der Waals surface area contributed by atoms with Gasteiger partial charge in [0.2, 0.25) is 0 Å². The zero-order valence-electron chi connectivity index (χ0n) is 14.2. The van der Waals surface area contributed by atoms with Crippen LogP contribution in [0, 0.1) is 0 Å². The second kappa shape index (κ2) is 5.72. The fraction of sp³-hybridized carbons (Fsp3) is 0.444. The number of amides is 1. The first-order chi connectivity index (χ1) is 10.8. The number of carbonyl (C=O) groups is 1. The number of nitrogens with zero attached hydrogens (tertiary/aromatic N) is 3. The molecule has 0 aliphatic carbocycles. The molecule has 0 unspecified atom stereocenters. The van der Waals surface area contributed by atoms with Crippen LogP contribution in [0.1, 0.15) is 32.0 Å². The highest BCUT2D eigenvalue weighted by molar-refractivity contribution is 5.70. The van der Waals surface area contributed by atoms with Gasteiger partial charge in [-0.15, -0.1) is 0 Å². The van der Waals surface area contributed by atoms with Crippen LogP contribution in [-0.4, -0.2) is 32.9 Å². The molecule has 5 heteroatoms. The number of rotatable bonds is 1. The molecule has 3 rings (SSSR count). The fourth-order valence-corrected chi connectivity index (χ4v) is 2.96. The van der Waals surface area contributed by atoms with Crippen molar-refractivity contribution >= 4 is 6.09 Å². The first-order valence-corrected chi connectivity index (χ1v) is 7.93. The van der Waals surface area contributed by atoms with Crippen LogP contribution in [0.25, 0.3) is 11.3 Å². The molecule has 0 atom stereocenters. The summed E-state index contributed by atoms with van der Waals surface area (Å²) in [6.45, 7) is 6.82.